The molecule has 0 saturated carbocycles. The van der Waals surface area contributed by atoms with E-state index in [9.17, 15) is 0 Å². The number of hydrogen-bond donors (Lipinski definition) is 0. The fraction of sp³-hybridized carbons (Fsp3) is 0.0968. The molecule has 0 atom stereocenters. The topological polar surface area (TPSA) is 51.0 Å². The Hall–Kier alpha value is -4.44. The van der Waals surface area contributed by atoms with Crippen LogP contribution in [0.2, 0.25) is 0 Å². The van der Waals surface area contributed by atoms with Crippen LogP contribution in [-0.2, 0) is 6.42 Å². The van der Waals surface area contributed by atoms with Gasteiger partial charge < -0.3 is 0 Å². The summed E-state index contributed by atoms with van der Waals surface area (Å²) >= 11 is 0. The molecule has 5 aromatic rings. The predicted molar refractivity (Wildman–Crippen MR) is 144 cm³/mol. The van der Waals surface area contributed by atoms with Crippen molar-refractivity contribution < 1.29 is 0 Å². The van der Waals surface area contributed by atoms with Gasteiger partial charge in [-0.1, -0.05) is 84.4 Å². The van der Waals surface area contributed by atoms with Crippen molar-refractivity contribution in [1.29, 1.82) is 0 Å². The lowest BCUT2D eigenvalue weighted by molar-refractivity contribution is 1.15. The molecule has 4 nitrogen and oxygen atoms in total. The van der Waals surface area contributed by atoms with Crippen LogP contribution in [0.25, 0.3) is 44.9 Å². The number of allylic oxidation sites excluding steroid dienone is 2. The van der Waals surface area contributed by atoms with Gasteiger partial charge >= 0.3 is 0 Å². The Labute approximate surface area is 204 Å². The third-order valence-electron chi connectivity index (χ3n) is 6.22. The number of rotatable bonds is 3. The molecular formula is C31H24N4. The van der Waals surface area contributed by atoms with Gasteiger partial charge in [-0.25, -0.2) is 15.0 Å². The number of aliphatic imine (C=N–C) groups is 1. The summed E-state index contributed by atoms with van der Waals surface area (Å²) in [5.41, 5.74) is 9.86. The van der Waals surface area contributed by atoms with E-state index >= 15 is 0 Å². The normalized spacial score (nSPS) is 13.1. The first-order valence-corrected chi connectivity index (χ1v) is 11.8. The molecule has 0 bridgehead atoms. The highest BCUT2D eigenvalue weighted by atomic mass is 14.9. The largest absolute Gasteiger partial charge is 0.251 e. The Morgan fingerprint density at radius 2 is 1.31 bits per heavy atom. The van der Waals surface area contributed by atoms with Crippen LogP contribution >= 0.6 is 0 Å². The second kappa shape index (κ2) is 8.73. The monoisotopic (exact) mass is 452 g/mol. The molecule has 3 heterocycles. The van der Waals surface area contributed by atoms with Crippen molar-refractivity contribution in [3.63, 3.8) is 0 Å². The number of benzene rings is 3. The van der Waals surface area contributed by atoms with E-state index in [1.165, 1.54) is 11.1 Å². The molecule has 168 valence electrons. The van der Waals surface area contributed by atoms with Crippen molar-refractivity contribution in [2.45, 2.75) is 20.3 Å². The van der Waals surface area contributed by atoms with Gasteiger partial charge in [-0.15, -0.1) is 0 Å². The second-order valence-electron chi connectivity index (χ2n) is 8.96. The Morgan fingerprint density at radius 3 is 2.09 bits per heavy atom. The minimum atomic E-state index is 0.685. The van der Waals surface area contributed by atoms with Crippen LogP contribution in [0.3, 0.4) is 0 Å². The summed E-state index contributed by atoms with van der Waals surface area (Å²) in [6, 6.07) is 30.8. The van der Waals surface area contributed by atoms with Crippen LogP contribution in [0.15, 0.2) is 108 Å². The molecule has 1 aliphatic heterocycles. The predicted octanol–water partition coefficient (Wildman–Crippen LogP) is 7.62. The van der Waals surface area contributed by atoms with Crippen LogP contribution in [-0.4, -0.2) is 20.7 Å². The zero-order valence-electron chi connectivity index (χ0n) is 19.7. The van der Waals surface area contributed by atoms with Crippen molar-refractivity contribution in [2.24, 2.45) is 4.99 Å². The zero-order chi connectivity index (χ0) is 23.8. The SMILES string of the molecule is CC1=CC(C)=Nc2c(ccc3ccc(-c4cc(-c5ccccc5)nc(-c5ccccc5)n4)nc23)C1. The van der Waals surface area contributed by atoms with Gasteiger partial charge in [0.15, 0.2) is 5.82 Å². The van der Waals surface area contributed by atoms with Gasteiger partial charge in [0, 0.05) is 22.2 Å². The van der Waals surface area contributed by atoms with Crippen LogP contribution < -0.4 is 0 Å². The number of aromatic nitrogens is 3. The maximum absolute atomic E-state index is 5.11. The Bertz CT molecular complexity index is 1560. The highest BCUT2D eigenvalue weighted by Gasteiger charge is 2.15. The molecule has 0 N–H and O–H groups in total. The van der Waals surface area contributed by atoms with E-state index < -0.39 is 0 Å². The highest BCUT2D eigenvalue weighted by molar-refractivity contribution is 6.01. The smallest absolute Gasteiger partial charge is 0.160 e. The molecule has 4 heteroatoms. The van der Waals surface area contributed by atoms with Gasteiger partial charge in [0.25, 0.3) is 0 Å². The van der Waals surface area contributed by atoms with Crippen LogP contribution in [0.4, 0.5) is 5.69 Å². The number of hydrogen-bond acceptors (Lipinski definition) is 4. The fourth-order valence-electron chi connectivity index (χ4n) is 4.59. The average Bonchev–Trinajstić information content (AvgIpc) is 3.05. The molecular weight excluding hydrogens is 428 g/mol. The number of fused-ring (bicyclic) bond motifs is 3. The minimum absolute atomic E-state index is 0.685. The van der Waals surface area contributed by atoms with E-state index in [0.29, 0.717) is 5.82 Å². The van der Waals surface area contributed by atoms with Gasteiger partial charge in [-0.3, -0.25) is 4.99 Å². The lowest BCUT2D eigenvalue weighted by Gasteiger charge is -2.11. The van der Waals surface area contributed by atoms with Gasteiger partial charge in [-0.2, -0.15) is 0 Å². The van der Waals surface area contributed by atoms with Crippen LogP contribution in [0.5, 0.6) is 0 Å². The molecule has 3 aromatic carbocycles. The number of nitrogens with zero attached hydrogens (tertiary/aromatic N) is 4. The van der Waals surface area contributed by atoms with Crippen molar-refractivity contribution in [2.75, 3.05) is 0 Å². The first-order valence-electron chi connectivity index (χ1n) is 11.8. The number of pyridine rings is 1. The third kappa shape index (κ3) is 4.15. The summed E-state index contributed by atoms with van der Waals surface area (Å²) in [7, 11) is 0. The Balaban J connectivity index is 1.56. The van der Waals surface area contributed by atoms with Crippen molar-refractivity contribution >= 4 is 22.3 Å². The molecule has 2 aromatic heterocycles. The summed E-state index contributed by atoms with van der Waals surface area (Å²) < 4.78 is 0. The quantitative estimate of drug-likeness (QED) is 0.283. The van der Waals surface area contributed by atoms with E-state index in [-0.39, 0.29) is 0 Å². The first kappa shape index (κ1) is 21.1. The van der Waals surface area contributed by atoms with Gasteiger partial charge in [0.2, 0.25) is 0 Å². The van der Waals surface area contributed by atoms with Crippen molar-refractivity contribution in [3.05, 3.63) is 108 Å². The molecule has 0 saturated heterocycles. The van der Waals surface area contributed by atoms with Crippen LogP contribution in [0, 0.1) is 0 Å². The lowest BCUT2D eigenvalue weighted by Crippen LogP contribution is -1.97. The maximum Gasteiger partial charge on any atom is 0.160 e. The van der Waals surface area contributed by atoms with Crippen molar-refractivity contribution in [3.8, 4) is 34.0 Å². The van der Waals surface area contributed by atoms with Gasteiger partial charge in [0.05, 0.1) is 28.3 Å². The first-order chi connectivity index (χ1) is 17.1. The molecule has 0 spiro atoms. The summed E-state index contributed by atoms with van der Waals surface area (Å²) in [6.45, 7) is 4.20. The molecule has 0 radical (unpaired) electrons. The average molecular weight is 453 g/mol. The zero-order valence-corrected chi connectivity index (χ0v) is 19.7. The summed E-state index contributed by atoms with van der Waals surface area (Å²) in [5, 5.41) is 1.07. The summed E-state index contributed by atoms with van der Waals surface area (Å²) in [5.74, 6) is 0.685. The van der Waals surface area contributed by atoms with Gasteiger partial charge in [-0.05, 0) is 44.0 Å². The van der Waals surface area contributed by atoms with E-state index in [4.69, 9.17) is 19.9 Å². The summed E-state index contributed by atoms with van der Waals surface area (Å²) in [4.78, 5) is 19.9. The van der Waals surface area contributed by atoms with E-state index in [0.717, 1.165) is 56.9 Å². The molecule has 0 aliphatic carbocycles. The molecule has 0 unspecified atom stereocenters. The van der Waals surface area contributed by atoms with E-state index in [1.54, 1.807) is 0 Å². The van der Waals surface area contributed by atoms with E-state index in [1.807, 2.05) is 67.6 Å². The highest BCUT2D eigenvalue weighted by Crippen LogP contribution is 2.34. The Morgan fingerprint density at radius 1 is 0.629 bits per heavy atom. The molecule has 6 rings (SSSR count). The molecule has 0 amide bonds. The Kier molecular flexibility index (Phi) is 5.27. The molecule has 0 fully saturated rings. The van der Waals surface area contributed by atoms with Crippen molar-refractivity contribution in [1.82, 2.24) is 15.0 Å². The maximum atomic E-state index is 5.11. The second-order valence-corrected chi connectivity index (χ2v) is 8.96. The van der Waals surface area contributed by atoms with Crippen LogP contribution in [0.1, 0.15) is 19.4 Å². The van der Waals surface area contributed by atoms with E-state index in [2.05, 4.69) is 43.3 Å². The molecule has 1 aliphatic rings. The summed E-state index contributed by atoms with van der Waals surface area (Å²) in [6.07, 6.45) is 3.03. The fourth-order valence-corrected chi connectivity index (χ4v) is 4.59. The standard InChI is InChI=1S/C31H24N4/c1-20-17-21(2)32-30-25(18-20)14-13-23-15-16-26(33-29(23)30)28-19-27(22-9-5-3-6-10-22)34-31(35-28)24-11-7-4-8-12-24/h3-17,19H,18H2,1-2H3. The molecule has 35 heavy (non-hydrogen) atoms. The minimum Gasteiger partial charge on any atom is -0.251 e. The lowest BCUT2D eigenvalue weighted by atomic mass is 10.0. The van der Waals surface area contributed by atoms with Gasteiger partial charge in [0.1, 0.15) is 0 Å². The third-order valence-corrected chi connectivity index (χ3v) is 6.22.